The van der Waals surface area contributed by atoms with E-state index in [1.165, 1.54) is 0 Å². The molecule has 0 aliphatic rings. The van der Waals surface area contributed by atoms with Crippen LogP contribution in [0.25, 0.3) is 0 Å². The van der Waals surface area contributed by atoms with Gasteiger partial charge >= 0.3 is 5.97 Å². The predicted molar refractivity (Wildman–Crippen MR) is 123 cm³/mol. The lowest BCUT2D eigenvalue weighted by atomic mass is 9.92. The van der Waals surface area contributed by atoms with E-state index in [4.69, 9.17) is 9.73 Å². The van der Waals surface area contributed by atoms with Gasteiger partial charge in [0.1, 0.15) is 5.60 Å². The van der Waals surface area contributed by atoms with Gasteiger partial charge in [-0.15, -0.1) is 0 Å². The van der Waals surface area contributed by atoms with Gasteiger partial charge in [-0.25, -0.2) is 4.79 Å². The Kier molecular flexibility index (Phi) is 6.83. The lowest BCUT2D eigenvalue weighted by Crippen LogP contribution is -2.34. The molecule has 0 fully saturated rings. The molecule has 0 bridgehead atoms. The maximum atomic E-state index is 13.2. The van der Waals surface area contributed by atoms with Gasteiger partial charge in [0.15, 0.2) is 6.04 Å². The summed E-state index contributed by atoms with van der Waals surface area (Å²) >= 11 is 0. The molecule has 0 saturated carbocycles. The zero-order valence-electron chi connectivity index (χ0n) is 18.1. The molecule has 3 aromatic rings. The molecule has 3 heteroatoms. The molecular formula is C27H29NO2. The molecule has 3 aromatic carbocycles. The summed E-state index contributed by atoms with van der Waals surface area (Å²) in [6, 6.07) is 29.3. The maximum absolute atomic E-state index is 13.2. The minimum Gasteiger partial charge on any atom is -0.458 e. The molecule has 30 heavy (non-hydrogen) atoms. The normalized spacial score (nSPS) is 13.2. The molecule has 3 rings (SSSR count). The average molecular weight is 400 g/mol. The Balaban J connectivity index is 2.11. The number of hydrogen-bond acceptors (Lipinski definition) is 3. The Bertz CT molecular complexity index is 932. The molecule has 0 aliphatic carbocycles. The van der Waals surface area contributed by atoms with Crippen molar-refractivity contribution in [1.82, 2.24) is 0 Å². The highest BCUT2D eigenvalue weighted by Gasteiger charge is 2.31. The van der Waals surface area contributed by atoms with Crippen LogP contribution in [0.4, 0.5) is 0 Å². The third kappa shape index (κ3) is 5.66. The summed E-state index contributed by atoms with van der Waals surface area (Å²) in [6.45, 7) is 7.68. The number of ether oxygens (including phenoxy) is 1. The molecule has 0 amide bonds. The molecule has 154 valence electrons. The van der Waals surface area contributed by atoms with Gasteiger partial charge in [0.05, 0.1) is 5.71 Å². The number of benzene rings is 3. The zero-order valence-corrected chi connectivity index (χ0v) is 18.1. The lowest BCUT2D eigenvalue weighted by Gasteiger charge is -2.26. The number of rotatable bonds is 6. The predicted octanol–water partition coefficient (Wildman–Crippen LogP) is 6.04. The molecule has 0 aliphatic heterocycles. The van der Waals surface area contributed by atoms with E-state index in [1.54, 1.807) is 0 Å². The lowest BCUT2D eigenvalue weighted by molar-refractivity contribution is -0.156. The van der Waals surface area contributed by atoms with E-state index in [2.05, 4.69) is 0 Å². The fourth-order valence-electron chi connectivity index (χ4n) is 3.32. The third-order valence-electron chi connectivity index (χ3n) is 4.81. The van der Waals surface area contributed by atoms with Crippen LogP contribution in [0.3, 0.4) is 0 Å². The van der Waals surface area contributed by atoms with E-state index in [0.29, 0.717) is 0 Å². The Morgan fingerprint density at radius 3 is 1.63 bits per heavy atom. The standard InChI is InChI=1S/C27H29NO2/c1-20(21-14-8-5-9-15-21)24(26(29)30-27(2,3)4)28-25(22-16-10-6-11-17-22)23-18-12-7-13-19-23/h5-20,24H,1-4H3. The largest absolute Gasteiger partial charge is 0.458 e. The summed E-state index contributed by atoms with van der Waals surface area (Å²) < 4.78 is 5.77. The van der Waals surface area contributed by atoms with Crippen LogP contribution in [0.5, 0.6) is 0 Å². The van der Waals surface area contributed by atoms with Crippen molar-refractivity contribution >= 4 is 11.7 Å². The first-order valence-corrected chi connectivity index (χ1v) is 10.3. The van der Waals surface area contributed by atoms with E-state index in [9.17, 15) is 4.79 Å². The van der Waals surface area contributed by atoms with E-state index < -0.39 is 11.6 Å². The van der Waals surface area contributed by atoms with Crippen LogP contribution in [0.15, 0.2) is 96.0 Å². The quantitative estimate of drug-likeness (QED) is 0.374. The summed E-state index contributed by atoms with van der Waals surface area (Å²) in [5.41, 5.74) is 3.20. The van der Waals surface area contributed by atoms with Gasteiger partial charge in [-0.1, -0.05) is 97.9 Å². The molecule has 0 N–H and O–H groups in total. The van der Waals surface area contributed by atoms with Crippen molar-refractivity contribution in [1.29, 1.82) is 0 Å². The van der Waals surface area contributed by atoms with Crippen molar-refractivity contribution in [3.63, 3.8) is 0 Å². The van der Waals surface area contributed by atoms with E-state index >= 15 is 0 Å². The molecule has 3 nitrogen and oxygen atoms in total. The van der Waals surface area contributed by atoms with Gasteiger partial charge in [-0.05, 0) is 26.3 Å². The molecule has 2 unspecified atom stereocenters. The topological polar surface area (TPSA) is 38.7 Å². The zero-order chi connectivity index (χ0) is 21.6. The minimum absolute atomic E-state index is 0.136. The van der Waals surface area contributed by atoms with Gasteiger partial charge in [-0.2, -0.15) is 0 Å². The van der Waals surface area contributed by atoms with Crippen LogP contribution in [-0.4, -0.2) is 23.3 Å². The van der Waals surface area contributed by atoms with E-state index in [0.717, 1.165) is 22.4 Å². The third-order valence-corrected chi connectivity index (χ3v) is 4.81. The van der Waals surface area contributed by atoms with E-state index in [-0.39, 0.29) is 11.9 Å². The molecule has 0 aromatic heterocycles. The van der Waals surface area contributed by atoms with Crippen molar-refractivity contribution in [2.75, 3.05) is 0 Å². The maximum Gasteiger partial charge on any atom is 0.332 e. The van der Waals surface area contributed by atoms with Crippen LogP contribution in [0.1, 0.15) is 50.3 Å². The van der Waals surface area contributed by atoms with E-state index in [1.807, 2.05) is 119 Å². The second kappa shape index (κ2) is 9.53. The second-order valence-electron chi connectivity index (χ2n) is 8.39. The highest BCUT2D eigenvalue weighted by Crippen LogP contribution is 2.26. The van der Waals surface area contributed by atoms with Crippen LogP contribution in [-0.2, 0) is 9.53 Å². The first-order valence-electron chi connectivity index (χ1n) is 10.3. The van der Waals surface area contributed by atoms with Crippen molar-refractivity contribution in [3.05, 3.63) is 108 Å². The Hall–Kier alpha value is -3.20. The average Bonchev–Trinajstić information content (AvgIpc) is 2.74. The summed E-state index contributed by atoms with van der Waals surface area (Å²) in [7, 11) is 0. The number of carbonyl (C=O) groups excluding carboxylic acids is 1. The molecule has 0 saturated heterocycles. The monoisotopic (exact) mass is 399 g/mol. The SMILES string of the molecule is CC(c1ccccc1)C(N=C(c1ccccc1)c1ccccc1)C(=O)OC(C)(C)C. The summed E-state index contributed by atoms with van der Waals surface area (Å²) in [5, 5.41) is 0. The number of hydrogen-bond donors (Lipinski definition) is 0. The van der Waals surface area contributed by atoms with Crippen LogP contribution in [0, 0.1) is 0 Å². The molecular weight excluding hydrogens is 370 g/mol. The van der Waals surface area contributed by atoms with Crippen LogP contribution < -0.4 is 0 Å². The fourth-order valence-corrected chi connectivity index (χ4v) is 3.32. The minimum atomic E-state index is -0.665. The fraction of sp³-hybridized carbons (Fsp3) is 0.259. The highest BCUT2D eigenvalue weighted by atomic mass is 16.6. The summed E-state index contributed by atoms with van der Waals surface area (Å²) in [6.07, 6.45) is 0. The van der Waals surface area contributed by atoms with Crippen LogP contribution in [0.2, 0.25) is 0 Å². The first kappa shape index (κ1) is 21.5. The van der Waals surface area contributed by atoms with Crippen molar-refractivity contribution in [3.8, 4) is 0 Å². The Morgan fingerprint density at radius 2 is 1.20 bits per heavy atom. The van der Waals surface area contributed by atoms with Crippen LogP contribution >= 0.6 is 0 Å². The van der Waals surface area contributed by atoms with Crippen molar-refractivity contribution in [2.24, 2.45) is 4.99 Å². The highest BCUT2D eigenvalue weighted by molar-refractivity contribution is 6.13. The Labute approximate surface area is 179 Å². The van der Waals surface area contributed by atoms with Crippen molar-refractivity contribution < 1.29 is 9.53 Å². The number of esters is 1. The summed E-state index contributed by atoms with van der Waals surface area (Å²) in [4.78, 5) is 18.3. The smallest absolute Gasteiger partial charge is 0.332 e. The molecule has 0 spiro atoms. The van der Waals surface area contributed by atoms with Gasteiger partial charge < -0.3 is 4.74 Å². The summed E-state index contributed by atoms with van der Waals surface area (Å²) in [5.74, 6) is -0.452. The Morgan fingerprint density at radius 1 is 0.767 bits per heavy atom. The number of carbonyl (C=O) groups is 1. The molecule has 0 radical (unpaired) electrons. The van der Waals surface area contributed by atoms with Gasteiger partial charge in [0.25, 0.3) is 0 Å². The van der Waals surface area contributed by atoms with Gasteiger partial charge in [0, 0.05) is 17.0 Å². The van der Waals surface area contributed by atoms with Crippen molar-refractivity contribution in [2.45, 2.75) is 45.3 Å². The molecule has 0 heterocycles. The van der Waals surface area contributed by atoms with Gasteiger partial charge in [0.2, 0.25) is 0 Å². The number of aliphatic imine (C=N–C) groups is 1. The first-order chi connectivity index (χ1) is 14.3. The molecule has 2 atom stereocenters. The van der Waals surface area contributed by atoms with Gasteiger partial charge in [-0.3, -0.25) is 4.99 Å². The number of nitrogens with zero attached hydrogens (tertiary/aromatic N) is 1. The second-order valence-corrected chi connectivity index (χ2v) is 8.39.